The number of carbonyl (C=O) groups is 2. The van der Waals surface area contributed by atoms with Crippen LogP contribution in [0.2, 0.25) is 0 Å². The predicted molar refractivity (Wildman–Crippen MR) is 323 cm³/mol. The zero-order valence-electron chi connectivity index (χ0n) is 48.5. The molecule has 0 aliphatic heterocycles. The number of unbranched alkanes of at least 4 members (excludes halogenated alkanes) is 1. The summed E-state index contributed by atoms with van der Waals surface area (Å²) in [6.45, 7) is 19.0. The summed E-state index contributed by atoms with van der Waals surface area (Å²) >= 11 is 0. The summed E-state index contributed by atoms with van der Waals surface area (Å²) in [6, 6.07) is 50.4. The van der Waals surface area contributed by atoms with Crippen molar-refractivity contribution in [1.82, 2.24) is 0 Å². The van der Waals surface area contributed by atoms with Crippen LogP contribution in [0.5, 0.6) is 0 Å². The van der Waals surface area contributed by atoms with E-state index in [4.69, 9.17) is 40.4 Å². The van der Waals surface area contributed by atoms with Crippen molar-refractivity contribution in [3.05, 3.63) is 226 Å². The molecule has 74 heavy (non-hydrogen) atoms. The lowest BCUT2D eigenvalue weighted by molar-refractivity contribution is -0.407. The van der Waals surface area contributed by atoms with Gasteiger partial charge in [-0.2, -0.15) is 29.5 Å². The van der Waals surface area contributed by atoms with Gasteiger partial charge in [0.1, 0.15) is 0 Å². The summed E-state index contributed by atoms with van der Waals surface area (Å²) < 4.78 is 27.2. The van der Waals surface area contributed by atoms with Crippen molar-refractivity contribution in [3.8, 4) is 0 Å². The topological polar surface area (TPSA) is 197 Å². The second-order valence-electron chi connectivity index (χ2n) is 17.3. The zero-order chi connectivity index (χ0) is 60.5. The molecule has 0 fully saturated rings. The number of benzene rings is 8. The van der Waals surface area contributed by atoms with Crippen LogP contribution in [-0.4, -0.2) is 32.7 Å². The molecule has 0 bridgehead atoms. The van der Waals surface area contributed by atoms with Gasteiger partial charge in [0.2, 0.25) is 0 Å². The molecule has 400 valence electrons. The van der Waals surface area contributed by atoms with Gasteiger partial charge in [0.25, 0.3) is 0 Å². The maximum Gasteiger partial charge on any atom is 0.335 e. The monoisotopic (exact) mass is 1110 g/mol. The molecule has 9 nitrogen and oxygen atoms in total. The summed E-state index contributed by atoms with van der Waals surface area (Å²) in [6.07, 6.45) is 9.54. The molecule has 0 saturated carbocycles. The Labute approximate surface area is 459 Å². The Morgan fingerprint density at radius 3 is 1.50 bits per heavy atom. The number of fused-ring (bicyclic) bond motifs is 4. The van der Waals surface area contributed by atoms with E-state index < -0.39 is 30.0 Å². The van der Waals surface area contributed by atoms with Crippen LogP contribution in [0, 0.1) is 41.5 Å². The van der Waals surface area contributed by atoms with Crippen LogP contribution in [0.15, 0.2) is 164 Å². The van der Waals surface area contributed by atoms with E-state index >= 15 is 0 Å². The van der Waals surface area contributed by atoms with Crippen molar-refractivity contribution in [3.63, 3.8) is 0 Å². The number of hydrogen-bond donors (Lipinski definition) is 2. The van der Waals surface area contributed by atoms with Crippen molar-refractivity contribution in [2.75, 3.05) is 0 Å². The van der Waals surface area contributed by atoms with Crippen molar-refractivity contribution in [2.45, 2.75) is 92.9 Å². The molecule has 0 saturated heterocycles. The van der Waals surface area contributed by atoms with Gasteiger partial charge >= 0.3 is 11.9 Å². The molecular weight excluding hydrogens is 1020 g/mol. The van der Waals surface area contributed by atoms with Gasteiger partial charge in [0.05, 0.1) is 15.0 Å². The normalized spacial score (nSPS) is 12.1. The van der Waals surface area contributed by atoms with E-state index in [1.165, 1.54) is 117 Å². The highest BCUT2D eigenvalue weighted by atomic mass is 31.2. The smallest absolute Gasteiger partial charge is 0.335 e. The Hall–Kier alpha value is -4.83. The molecule has 0 heterocycles. The highest BCUT2D eigenvalue weighted by Crippen LogP contribution is 2.32. The number of allylic oxidation sites excluding steroid dienone is 1. The zero-order valence-corrected chi connectivity index (χ0v) is 48.8. The average molecular weight is 1110 g/mol. The van der Waals surface area contributed by atoms with Crippen LogP contribution in [-0.2, 0) is 12.8 Å². The summed E-state index contributed by atoms with van der Waals surface area (Å²) in [4.78, 5) is 55.5. The molecule has 0 radical (unpaired) electrons. The van der Waals surface area contributed by atoms with Gasteiger partial charge in [0.15, 0.2) is 0 Å². The molecule has 5 unspecified atom stereocenters. The molecule has 1 aliphatic rings. The number of aryl methyl sites for hydroxylation is 7. The number of carboxylic acid groups (broad SMARTS) is 2. The van der Waals surface area contributed by atoms with Gasteiger partial charge in [-0.25, -0.2) is 19.0 Å². The largest absolute Gasteiger partial charge is 0.870 e. The van der Waals surface area contributed by atoms with E-state index in [0.29, 0.717) is 10.8 Å². The van der Waals surface area contributed by atoms with Gasteiger partial charge in [-0.1, -0.05) is 152 Å². The van der Waals surface area contributed by atoms with Crippen molar-refractivity contribution in [1.29, 1.82) is 5.11 Å². The van der Waals surface area contributed by atoms with E-state index in [9.17, 15) is 9.59 Å². The lowest BCUT2D eigenvalue weighted by Crippen LogP contribution is -2.18. The number of rotatable bonds is 6. The van der Waals surface area contributed by atoms with E-state index in [2.05, 4.69) is 172 Å². The molecule has 8 aromatic rings. The standard InChI is InChI=1S/C12H8O4.C12H12.C12H16.C12H12.C12H16.O3P.H2OP.H2O.3H3P/c13-11(14)9-3-1-7-5-10(12(15)16)4-2-8(7)6-9;1-9-3-5-12-8-10(2)4-6-11(12)7-9;2*1-9-5-3-8-12-10(2)6-4-7-11(9)12;1-3-4-5-9-12-10-7-6-8-11(12)2;1-4(2)3;1-2;;;;/h1-6H,(H,13,14)(H,15,16);3-8H,1-2H3;3,5,8,10H,4,6-7H2,1-2H3;3-8H,1-2H3;3,6-8,10H,1,4-5,9H2,2H3;;2H2;1H2;3*1H3/q;;;;;-3;-1;;;;/p-1/i;;;;;;2T;;3*1T/hT. The quantitative estimate of drug-likeness (QED) is 0.0924. The summed E-state index contributed by atoms with van der Waals surface area (Å²) in [5.41, 5.74) is 20.8. The van der Waals surface area contributed by atoms with E-state index in [0.717, 1.165) is 12.3 Å². The van der Waals surface area contributed by atoms with Crippen LogP contribution in [0.25, 0.3) is 32.3 Å². The molecule has 3 N–H and O–H groups in total. The van der Waals surface area contributed by atoms with Crippen LogP contribution >= 0.6 is 47.5 Å². The van der Waals surface area contributed by atoms with Crippen molar-refractivity contribution >= 4 is 91.8 Å². The van der Waals surface area contributed by atoms with Crippen LogP contribution < -0.4 is 19.6 Å². The van der Waals surface area contributed by atoms with Crippen LogP contribution in [0.4, 0.5) is 0 Å². The molecule has 1 aliphatic carbocycles. The minimum atomic E-state index is -3.37. The fraction of sp³-hybridized carbons (Fsp3) is 0.233. The van der Waals surface area contributed by atoms with Crippen molar-refractivity contribution < 1.29 is 46.3 Å². The third kappa shape index (κ3) is 23.8. The summed E-state index contributed by atoms with van der Waals surface area (Å²) in [5.74, 6) is -1.21. The van der Waals surface area contributed by atoms with Gasteiger partial charge in [0, 0.05) is 1.28 Å². The molecule has 5 atom stereocenters. The second-order valence-corrected chi connectivity index (χ2v) is 17.7. The first kappa shape index (κ1) is 61.7. The number of carboxylic acids is 2. The maximum absolute atomic E-state index is 10.7. The SMILES string of the molecule is C=CCCCc1ccccc1C.Cc1ccc2cc(C)ccc2c1.Cc1cccc2c(C)cccc12.Cc1cccc2c1CCCC2C.O=C(O)c1ccc2cc(C(=O)O)ccc2c1.[3H]P.[3H]P.[3H]P.[3H]P[O-].[3H][O-].[O-]P([O-])[O-]. The maximum atomic E-state index is 10.7. The van der Waals surface area contributed by atoms with Crippen LogP contribution in [0.1, 0.15) is 111 Å². The Balaban J connectivity index is 0. The number of hydrogen-bond acceptors (Lipinski definition) is 7. The summed E-state index contributed by atoms with van der Waals surface area (Å²) in [7, 11) is 0.713. The molecule has 0 aromatic heterocycles. The highest BCUT2D eigenvalue weighted by molar-refractivity contribution is 7.33. The fourth-order valence-corrected chi connectivity index (χ4v) is 8.22. The molecular formula is C60H76O9P5-5. The fourth-order valence-electron chi connectivity index (χ4n) is 8.22. The van der Waals surface area contributed by atoms with E-state index in [1.54, 1.807) is 52.8 Å². The summed E-state index contributed by atoms with van der Waals surface area (Å²) in [5, 5.41) is 24.4. The Bertz CT molecular complexity index is 2850. The minimum Gasteiger partial charge on any atom is -0.870 e. The van der Waals surface area contributed by atoms with Gasteiger partial charge in [-0.15, -0.1) is 8.01 Å². The molecule has 0 spiro atoms. The first-order valence-corrected chi connectivity index (χ1v) is 24.7. The van der Waals surface area contributed by atoms with E-state index in [-0.39, 0.29) is 11.1 Å². The highest BCUT2D eigenvalue weighted by Gasteiger charge is 2.16. The Morgan fingerprint density at radius 1 is 0.662 bits per heavy atom. The van der Waals surface area contributed by atoms with Gasteiger partial charge in [-0.05, 0) is 182 Å². The van der Waals surface area contributed by atoms with Crippen molar-refractivity contribution in [2.24, 2.45) is 0 Å². The molecule has 14 heteroatoms. The minimum absolute atomic E-state index is 0.190. The average Bonchev–Trinajstić information content (AvgIpc) is 3.45. The lowest BCUT2D eigenvalue weighted by Gasteiger charge is -2.39. The Morgan fingerprint density at radius 2 is 1.07 bits per heavy atom. The molecule has 0 amide bonds. The Kier molecular flexibility index (Phi) is 31.5. The number of aromatic carboxylic acids is 2. The lowest BCUT2D eigenvalue weighted by atomic mass is 9.82. The first-order chi connectivity index (χ1) is 37.9. The molecule has 8 aromatic carbocycles. The van der Waals surface area contributed by atoms with Gasteiger partial charge < -0.3 is 43.9 Å². The van der Waals surface area contributed by atoms with E-state index in [1.807, 2.05) is 6.08 Å². The third-order valence-corrected chi connectivity index (χ3v) is 12.0. The predicted octanol–water partition coefficient (Wildman–Crippen LogP) is 12.5. The second kappa shape index (κ2) is 37.8. The first-order valence-electron chi connectivity index (χ1n) is 25.8. The van der Waals surface area contributed by atoms with Crippen LogP contribution in [0.3, 0.4) is 0 Å². The van der Waals surface area contributed by atoms with Gasteiger partial charge in [-0.3, -0.25) is 0 Å². The third-order valence-electron chi connectivity index (χ3n) is 12.0. The molecule has 9 rings (SSSR count).